The standard InChI is InChI=1S/C11H12F3NO4S/c1-7(6-10(16)17)15-20(18,19)9-4-2-8(3-5-9)11(12,13)14/h2-5,7,15H,6H2,1H3,(H,16,17)/t7-/m1/s1. The number of hydrogen-bond acceptors (Lipinski definition) is 3. The molecule has 2 N–H and O–H groups in total. The number of aliphatic carboxylic acids is 1. The first-order valence-electron chi connectivity index (χ1n) is 5.44. The Morgan fingerprint density at radius 3 is 2.20 bits per heavy atom. The molecule has 0 aliphatic carbocycles. The molecular weight excluding hydrogens is 299 g/mol. The minimum Gasteiger partial charge on any atom is -0.481 e. The Kier molecular flexibility index (Phi) is 4.77. The molecule has 0 saturated carbocycles. The number of benzene rings is 1. The van der Waals surface area contributed by atoms with Crippen LogP contribution in [0, 0.1) is 0 Å². The molecule has 1 atom stereocenters. The lowest BCUT2D eigenvalue weighted by atomic mass is 10.2. The number of alkyl halides is 3. The van der Waals surface area contributed by atoms with Gasteiger partial charge in [-0.3, -0.25) is 4.79 Å². The summed E-state index contributed by atoms with van der Waals surface area (Å²) in [5.74, 6) is -1.19. The number of carboxylic acid groups (broad SMARTS) is 1. The van der Waals surface area contributed by atoms with E-state index < -0.39 is 40.2 Å². The molecule has 0 heterocycles. The lowest BCUT2D eigenvalue weighted by Gasteiger charge is -2.13. The molecule has 1 rings (SSSR count). The molecule has 20 heavy (non-hydrogen) atoms. The van der Waals surface area contributed by atoms with Crippen molar-refractivity contribution in [2.75, 3.05) is 0 Å². The predicted molar refractivity (Wildman–Crippen MR) is 63.5 cm³/mol. The Hall–Kier alpha value is -1.61. The lowest BCUT2D eigenvalue weighted by molar-refractivity contribution is -0.138. The van der Waals surface area contributed by atoms with Crippen molar-refractivity contribution in [3.05, 3.63) is 29.8 Å². The molecule has 0 spiro atoms. The van der Waals surface area contributed by atoms with Crippen LogP contribution < -0.4 is 4.72 Å². The maximum absolute atomic E-state index is 12.3. The Morgan fingerprint density at radius 2 is 1.80 bits per heavy atom. The van der Waals surface area contributed by atoms with Gasteiger partial charge in [0.1, 0.15) is 0 Å². The van der Waals surface area contributed by atoms with Crippen molar-refractivity contribution in [2.45, 2.75) is 30.5 Å². The largest absolute Gasteiger partial charge is 0.481 e. The fourth-order valence-corrected chi connectivity index (χ4v) is 2.70. The van der Waals surface area contributed by atoms with Gasteiger partial charge < -0.3 is 5.11 Å². The predicted octanol–water partition coefficient (Wildman–Crippen LogP) is 1.85. The van der Waals surface area contributed by atoms with Crippen molar-refractivity contribution in [1.82, 2.24) is 4.72 Å². The zero-order valence-corrected chi connectivity index (χ0v) is 11.1. The van der Waals surface area contributed by atoms with Crippen LogP contribution in [-0.2, 0) is 21.0 Å². The SMILES string of the molecule is C[C@H](CC(=O)O)NS(=O)(=O)c1ccc(C(F)(F)F)cc1. The highest BCUT2D eigenvalue weighted by molar-refractivity contribution is 7.89. The van der Waals surface area contributed by atoms with Gasteiger partial charge in [-0.25, -0.2) is 13.1 Å². The first kappa shape index (κ1) is 16.4. The second-order valence-electron chi connectivity index (χ2n) is 4.14. The molecule has 1 aromatic rings. The maximum Gasteiger partial charge on any atom is 0.416 e. The van der Waals surface area contributed by atoms with E-state index in [0.29, 0.717) is 12.1 Å². The highest BCUT2D eigenvalue weighted by Crippen LogP contribution is 2.29. The smallest absolute Gasteiger partial charge is 0.416 e. The van der Waals surface area contributed by atoms with Gasteiger partial charge in [-0.05, 0) is 31.2 Å². The van der Waals surface area contributed by atoms with Gasteiger partial charge >= 0.3 is 12.1 Å². The van der Waals surface area contributed by atoms with E-state index >= 15 is 0 Å². The van der Waals surface area contributed by atoms with Gasteiger partial charge in [-0.15, -0.1) is 0 Å². The summed E-state index contributed by atoms with van der Waals surface area (Å²) in [5.41, 5.74) is -0.963. The van der Waals surface area contributed by atoms with Crippen molar-refractivity contribution >= 4 is 16.0 Å². The summed E-state index contributed by atoms with van der Waals surface area (Å²) >= 11 is 0. The number of rotatable bonds is 5. The molecule has 0 radical (unpaired) electrons. The van der Waals surface area contributed by atoms with Crippen LogP contribution in [0.4, 0.5) is 13.2 Å². The third-order valence-electron chi connectivity index (χ3n) is 2.33. The molecule has 0 bridgehead atoms. The molecular formula is C11H12F3NO4S. The minimum atomic E-state index is -4.55. The summed E-state index contributed by atoms with van der Waals surface area (Å²) in [4.78, 5) is 10.1. The van der Waals surface area contributed by atoms with Crippen molar-refractivity contribution < 1.29 is 31.5 Å². The highest BCUT2D eigenvalue weighted by atomic mass is 32.2. The van der Waals surface area contributed by atoms with E-state index in [0.717, 1.165) is 12.1 Å². The molecule has 0 amide bonds. The van der Waals surface area contributed by atoms with E-state index in [2.05, 4.69) is 4.72 Å². The molecule has 0 aliphatic rings. The fourth-order valence-electron chi connectivity index (χ4n) is 1.46. The average molecular weight is 311 g/mol. The average Bonchev–Trinajstić information content (AvgIpc) is 2.26. The Balaban J connectivity index is 2.91. The second-order valence-corrected chi connectivity index (χ2v) is 5.86. The highest BCUT2D eigenvalue weighted by Gasteiger charge is 2.30. The van der Waals surface area contributed by atoms with Crippen molar-refractivity contribution in [2.24, 2.45) is 0 Å². The van der Waals surface area contributed by atoms with Crippen LogP contribution in [0.2, 0.25) is 0 Å². The third-order valence-corrected chi connectivity index (χ3v) is 3.93. The van der Waals surface area contributed by atoms with Crippen molar-refractivity contribution in [1.29, 1.82) is 0 Å². The summed E-state index contributed by atoms with van der Waals surface area (Å²) in [7, 11) is -4.05. The van der Waals surface area contributed by atoms with E-state index in [1.807, 2.05) is 0 Å². The number of nitrogens with one attached hydrogen (secondary N) is 1. The molecule has 0 fully saturated rings. The third kappa shape index (κ3) is 4.49. The number of carbonyl (C=O) groups is 1. The van der Waals surface area contributed by atoms with Gasteiger partial charge in [-0.1, -0.05) is 0 Å². The number of hydrogen-bond donors (Lipinski definition) is 2. The van der Waals surface area contributed by atoms with Crippen LogP contribution in [0.3, 0.4) is 0 Å². The first-order valence-corrected chi connectivity index (χ1v) is 6.92. The molecule has 1 aromatic carbocycles. The van der Waals surface area contributed by atoms with Crippen LogP contribution in [0.1, 0.15) is 18.9 Å². The minimum absolute atomic E-state index is 0.359. The lowest BCUT2D eigenvalue weighted by Crippen LogP contribution is -2.34. The molecule has 0 unspecified atom stereocenters. The summed E-state index contributed by atoms with van der Waals surface area (Å²) < 4.78 is 62.7. The molecule has 112 valence electrons. The van der Waals surface area contributed by atoms with Crippen LogP contribution in [0.25, 0.3) is 0 Å². The van der Waals surface area contributed by atoms with E-state index in [4.69, 9.17) is 5.11 Å². The molecule has 5 nitrogen and oxygen atoms in total. The maximum atomic E-state index is 12.3. The van der Waals surface area contributed by atoms with Gasteiger partial charge in [0, 0.05) is 6.04 Å². The Labute approximate surface area is 113 Å². The summed E-state index contributed by atoms with van der Waals surface area (Å²) in [5, 5.41) is 8.52. The second kappa shape index (κ2) is 5.80. The molecule has 9 heteroatoms. The first-order chi connectivity index (χ1) is 9.02. The molecule has 0 aromatic heterocycles. The Morgan fingerprint density at radius 1 is 1.30 bits per heavy atom. The van der Waals surface area contributed by atoms with E-state index in [1.165, 1.54) is 6.92 Å². The number of halogens is 3. The summed E-state index contributed by atoms with van der Waals surface area (Å²) in [6, 6.07) is 2.06. The van der Waals surface area contributed by atoms with E-state index in [-0.39, 0.29) is 4.90 Å². The molecule has 0 saturated heterocycles. The van der Waals surface area contributed by atoms with Gasteiger partial charge in [0.15, 0.2) is 0 Å². The van der Waals surface area contributed by atoms with Crippen LogP contribution in [-0.4, -0.2) is 25.5 Å². The van der Waals surface area contributed by atoms with Crippen LogP contribution in [0.15, 0.2) is 29.2 Å². The van der Waals surface area contributed by atoms with E-state index in [1.54, 1.807) is 0 Å². The van der Waals surface area contributed by atoms with Gasteiger partial charge in [-0.2, -0.15) is 13.2 Å². The quantitative estimate of drug-likeness (QED) is 0.869. The normalized spacial score (nSPS) is 14.0. The zero-order chi connectivity index (χ0) is 15.6. The van der Waals surface area contributed by atoms with Gasteiger partial charge in [0.2, 0.25) is 10.0 Å². The molecule has 0 aliphatic heterocycles. The topological polar surface area (TPSA) is 83.5 Å². The van der Waals surface area contributed by atoms with Gasteiger partial charge in [0.25, 0.3) is 0 Å². The van der Waals surface area contributed by atoms with Crippen molar-refractivity contribution in [3.8, 4) is 0 Å². The van der Waals surface area contributed by atoms with E-state index in [9.17, 15) is 26.4 Å². The van der Waals surface area contributed by atoms with Crippen molar-refractivity contribution in [3.63, 3.8) is 0 Å². The zero-order valence-electron chi connectivity index (χ0n) is 10.3. The van der Waals surface area contributed by atoms with Gasteiger partial charge in [0.05, 0.1) is 16.9 Å². The number of carboxylic acids is 1. The Bertz CT molecular complexity index is 581. The fraction of sp³-hybridized carbons (Fsp3) is 0.364. The van der Waals surface area contributed by atoms with Crippen LogP contribution >= 0.6 is 0 Å². The summed E-state index contributed by atoms with van der Waals surface area (Å²) in [6.07, 6.45) is -4.98. The monoisotopic (exact) mass is 311 g/mol. The number of sulfonamides is 1. The van der Waals surface area contributed by atoms with Crippen LogP contribution in [0.5, 0.6) is 0 Å². The summed E-state index contributed by atoms with van der Waals surface area (Å²) in [6.45, 7) is 1.34.